The Balaban J connectivity index is 1.96. The molecule has 31 heavy (non-hydrogen) atoms. The van der Waals surface area contributed by atoms with E-state index in [2.05, 4.69) is 0 Å². The molecule has 3 nitrogen and oxygen atoms in total. The molecule has 1 amide bonds. The highest BCUT2D eigenvalue weighted by Gasteiger charge is 2.46. The number of hydrogen-bond acceptors (Lipinski definition) is 2. The number of amides is 1. The lowest BCUT2D eigenvalue weighted by Gasteiger charge is -2.43. The van der Waals surface area contributed by atoms with Gasteiger partial charge in [-0.2, -0.15) is 13.2 Å². The lowest BCUT2D eigenvalue weighted by molar-refractivity contribution is -0.138. The monoisotopic (exact) mass is 431 g/mol. The van der Waals surface area contributed by atoms with Gasteiger partial charge in [0.2, 0.25) is 5.91 Å². The molecule has 1 heterocycles. The second-order valence-electron chi connectivity index (χ2n) is 8.82. The number of alkyl halides is 3. The van der Waals surface area contributed by atoms with Crippen molar-refractivity contribution >= 4 is 17.4 Å². The van der Waals surface area contributed by atoms with Crippen molar-refractivity contribution in [2.45, 2.75) is 45.2 Å². The van der Waals surface area contributed by atoms with Crippen LogP contribution in [0.5, 0.6) is 0 Å². The van der Waals surface area contributed by atoms with Crippen LogP contribution in [0.1, 0.15) is 50.2 Å². The van der Waals surface area contributed by atoms with Crippen LogP contribution >= 0.6 is 0 Å². The van der Waals surface area contributed by atoms with Gasteiger partial charge in [0.1, 0.15) is 5.82 Å². The summed E-state index contributed by atoms with van der Waals surface area (Å²) in [4.78, 5) is 27.6. The van der Waals surface area contributed by atoms with Crippen LogP contribution in [-0.2, 0) is 15.8 Å². The fourth-order valence-corrected chi connectivity index (χ4v) is 4.65. The Kier molecular flexibility index (Phi) is 5.03. The molecule has 0 aromatic heterocycles. The predicted octanol–water partition coefficient (Wildman–Crippen LogP) is 6.01. The summed E-state index contributed by atoms with van der Waals surface area (Å²) < 4.78 is 55.7. The van der Waals surface area contributed by atoms with Gasteiger partial charge in [0.15, 0.2) is 5.78 Å². The number of Topliss-reactive ketones (excluding diaryl/α,β-unsaturated/α-hetero) is 1. The quantitative estimate of drug-likeness (QED) is 0.547. The molecule has 1 aliphatic heterocycles. The molecule has 162 valence electrons. The van der Waals surface area contributed by atoms with Crippen molar-refractivity contribution in [3.63, 3.8) is 0 Å². The SMILES string of the molecule is CC1(C)CC(=O)C2=C(C1)N(c1ccccc1F)C(=O)CC2c1ccccc1C(F)(F)F. The highest BCUT2D eigenvalue weighted by Crippen LogP contribution is 2.50. The number of halogens is 4. The van der Waals surface area contributed by atoms with Crippen LogP contribution < -0.4 is 4.90 Å². The molecular weight excluding hydrogens is 410 g/mol. The molecule has 1 aliphatic carbocycles. The van der Waals surface area contributed by atoms with Crippen LogP contribution in [0.2, 0.25) is 0 Å². The van der Waals surface area contributed by atoms with Gasteiger partial charge in [-0.05, 0) is 35.6 Å². The summed E-state index contributed by atoms with van der Waals surface area (Å²) in [6.45, 7) is 3.71. The largest absolute Gasteiger partial charge is 0.416 e. The molecule has 0 N–H and O–H groups in total. The van der Waals surface area contributed by atoms with E-state index < -0.39 is 34.8 Å². The minimum absolute atomic E-state index is 0.00746. The summed E-state index contributed by atoms with van der Waals surface area (Å²) in [6.07, 6.45) is -4.54. The molecule has 0 saturated heterocycles. The summed E-state index contributed by atoms with van der Waals surface area (Å²) in [5.41, 5.74) is -0.990. The zero-order chi connectivity index (χ0) is 22.6. The number of carbonyl (C=O) groups excluding carboxylic acids is 2. The third kappa shape index (κ3) is 3.77. The first-order valence-electron chi connectivity index (χ1n) is 9.99. The van der Waals surface area contributed by atoms with Crippen LogP contribution in [0.25, 0.3) is 0 Å². The van der Waals surface area contributed by atoms with Gasteiger partial charge in [-0.25, -0.2) is 4.39 Å². The highest BCUT2D eigenvalue weighted by atomic mass is 19.4. The van der Waals surface area contributed by atoms with Crippen LogP contribution in [0.4, 0.5) is 23.2 Å². The van der Waals surface area contributed by atoms with E-state index in [0.29, 0.717) is 5.70 Å². The first-order chi connectivity index (χ1) is 14.5. The van der Waals surface area contributed by atoms with Gasteiger partial charge in [-0.15, -0.1) is 0 Å². The predicted molar refractivity (Wildman–Crippen MR) is 108 cm³/mol. The molecule has 0 fully saturated rings. The Morgan fingerprint density at radius 2 is 1.61 bits per heavy atom. The lowest BCUT2D eigenvalue weighted by atomic mass is 9.68. The number of hydrogen-bond donors (Lipinski definition) is 0. The molecule has 0 bridgehead atoms. The molecule has 0 saturated carbocycles. The molecular formula is C24H21F4NO2. The second kappa shape index (κ2) is 7.32. The maximum Gasteiger partial charge on any atom is 0.416 e. The smallest absolute Gasteiger partial charge is 0.294 e. The fraction of sp³-hybridized carbons (Fsp3) is 0.333. The van der Waals surface area contributed by atoms with E-state index in [-0.39, 0.29) is 41.9 Å². The molecule has 1 atom stereocenters. The Morgan fingerprint density at radius 1 is 0.968 bits per heavy atom. The van der Waals surface area contributed by atoms with Crippen molar-refractivity contribution in [2.24, 2.45) is 5.41 Å². The van der Waals surface area contributed by atoms with Crippen molar-refractivity contribution in [1.29, 1.82) is 0 Å². The molecule has 4 rings (SSSR count). The summed E-state index contributed by atoms with van der Waals surface area (Å²) in [5, 5.41) is 0. The van der Waals surface area contributed by atoms with Crippen LogP contribution in [-0.4, -0.2) is 11.7 Å². The molecule has 2 aromatic rings. The number of ketones is 1. The van der Waals surface area contributed by atoms with Crippen molar-refractivity contribution in [3.05, 3.63) is 76.7 Å². The van der Waals surface area contributed by atoms with E-state index in [1.807, 2.05) is 13.8 Å². The number of carbonyl (C=O) groups is 2. The number of anilines is 1. The average molecular weight is 431 g/mol. The van der Waals surface area contributed by atoms with Crippen molar-refractivity contribution in [2.75, 3.05) is 4.90 Å². The standard InChI is InChI=1S/C24H21F4NO2/c1-23(2)12-19-22(20(30)13-23)15(14-7-3-4-8-16(14)24(26,27)28)11-21(31)29(19)18-10-6-5-9-17(18)25/h3-10,15H,11-13H2,1-2H3. The molecule has 1 unspecified atom stereocenters. The Bertz CT molecular complexity index is 1100. The van der Waals surface area contributed by atoms with E-state index in [4.69, 9.17) is 0 Å². The maximum atomic E-state index is 14.6. The number of nitrogens with zero attached hydrogens (tertiary/aromatic N) is 1. The van der Waals surface area contributed by atoms with E-state index in [9.17, 15) is 27.2 Å². The van der Waals surface area contributed by atoms with Gasteiger partial charge < -0.3 is 0 Å². The first kappa shape index (κ1) is 21.3. The summed E-state index contributed by atoms with van der Waals surface area (Å²) in [6, 6.07) is 10.7. The topological polar surface area (TPSA) is 37.4 Å². The zero-order valence-corrected chi connectivity index (χ0v) is 17.1. The normalized spacial score (nSPS) is 21.4. The van der Waals surface area contributed by atoms with Crippen LogP contribution in [0, 0.1) is 11.2 Å². The maximum absolute atomic E-state index is 14.6. The molecule has 7 heteroatoms. The number of rotatable bonds is 2. The van der Waals surface area contributed by atoms with Crippen LogP contribution in [0.15, 0.2) is 59.8 Å². The summed E-state index contributed by atoms with van der Waals surface area (Å²) in [5.74, 6) is -2.49. The summed E-state index contributed by atoms with van der Waals surface area (Å²) >= 11 is 0. The fourth-order valence-electron chi connectivity index (χ4n) is 4.65. The van der Waals surface area contributed by atoms with Crippen molar-refractivity contribution < 1.29 is 27.2 Å². The lowest BCUT2D eigenvalue weighted by Crippen LogP contribution is -2.44. The number of allylic oxidation sites excluding steroid dienone is 2. The number of para-hydroxylation sites is 1. The minimum Gasteiger partial charge on any atom is -0.294 e. The van der Waals surface area contributed by atoms with Gasteiger partial charge in [0, 0.05) is 30.0 Å². The van der Waals surface area contributed by atoms with Gasteiger partial charge in [0.25, 0.3) is 0 Å². The van der Waals surface area contributed by atoms with E-state index in [1.54, 1.807) is 6.07 Å². The molecule has 0 spiro atoms. The van der Waals surface area contributed by atoms with Gasteiger partial charge in [-0.3, -0.25) is 14.5 Å². The van der Waals surface area contributed by atoms with E-state index >= 15 is 0 Å². The molecule has 0 radical (unpaired) electrons. The second-order valence-corrected chi connectivity index (χ2v) is 8.82. The molecule has 2 aromatic carbocycles. The van der Waals surface area contributed by atoms with E-state index in [0.717, 1.165) is 6.07 Å². The van der Waals surface area contributed by atoms with Crippen molar-refractivity contribution in [1.82, 2.24) is 0 Å². The third-order valence-corrected chi connectivity index (χ3v) is 5.88. The minimum atomic E-state index is -4.62. The third-order valence-electron chi connectivity index (χ3n) is 5.88. The van der Waals surface area contributed by atoms with E-state index in [1.165, 1.54) is 41.3 Å². The Labute approximate surface area is 177 Å². The molecule has 2 aliphatic rings. The zero-order valence-electron chi connectivity index (χ0n) is 17.1. The average Bonchev–Trinajstić information content (AvgIpc) is 2.66. The van der Waals surface area contributed by atoms with Crippen LogP contribution in [0.3, 0.4) is 0 Å². The summed E-state index contributed by atoms with van der Waals surface area (Å²) in [7, 11) is 0. The number of benzene rings is 2. The highest BCUT2D eigenvalue weighted by molar-refractivity contribution is 6.08. The van der Waals surface area contributed by atoms with Crippen molar-refractivity contribution in [3.8, 4) is 0 Å². The first-order valence-corrected chi connectivity index (χ1v) is 9.99. The Hall–Kier alpha value is -2.96. The van der Waals surface area contributed by atoms with Gasteiger partial charge >= 0.3 is 6.18 Å². The van der Waals surface area contributed by atoms with Gasteiger partial charge in [0.05, 0.1) is 11.3 Å². The van der Waals surface area contributed by atoms with Gasteiger partial charge in [-0.1, -0.05) is 44.2 Å². The Morgan fingerprint density at radius 3 is 2.29 bits per heavy atom.